The maximum absolute atomic E-state index is 10.7. The first kappa shape index (κ1) is 13.9. The summed E-state index contributed by atoms with van der Waals surface area (Å²) in [4.78, 5) is 0. The molecular formula is C13H27NO2. The smallest absolute Gasteiger partial charge is 0.0846 e. The van der Waals surface area contributed by atoms with Crippen molar-refractivity contribution in [2.45, 2.75) is 63.5 Å². The zero-order valence-corrected chi connectivity index (χ0v) is 11.0. The van der Waals surface area contributed by atoms with Crippen LogP contribution in [0.1, 0.15) is 52.4 Å². The lowest BCUT2D eigenvalue weighted by molar-refractivity contribution is -0.0683. The van der Waals surface area contributed by atoms with Crippen molar-refractivity contribution in [3.63, 3.8) is 0 Å². The average Bonchev–Trinajstić information content (AvgIpc) is 2.41. The van der Waals surface area contributed by atoms with E-state index in [-0.39, 0.29) is 0 Å². The van der Waals surface area contributed by atoms with Gasteiger partial charge < -0.3 is 15.6 Å². The minimum atomic E-state index is -0.757. The Morgan fingerprint density at radius 2 is 2.12 bits per heavy atom. The molecule has 1 fully saturated rings. The molecule has 0 aromatic carbocycles. The third-order valence-electron chi connectivity index (χ3n) is 4.25. The molecule has 0 saturated heterocycles. The molecule has 3 N–H and O–H groups in total. The van der Waals surface area contributed by atoms with Gasteiger partial charge in [0.2, 0.25) is 0 Å². The predicted octanol–water partition coefficient (Wildman–Crippen LogP) is 2.07. The van der Waals surface area contributed by atoms with Gasteiger partial charge in [0.1, 0.15) is 0 Å². The van der Waals surface area contributed by atoms with Crippen LogP contribution in [0.2, 0.25) is 0 Å². The average molecular weight is 229 g/mol. The minimum absolute atomic E-state index is 0.417. The van der Waals surface area contributed by atoms with Crippen LogP contribution in [0.3, 0.4) is 0 Å². The van der Waals surface area contributed by atoms with E-state index in [4.69, 9.17) is 10.5 Å². The van der Waals surface area contributed by atoms with Crippen molar-refractivity contribution in [1.29, 1.82) is 0 Å². The molecule has 1 aliphatic rings. The van der Waals surface area contributed by atoms with Crippen molar-refractivity contribution in [3.8, 4) is 0 Å². The summed E-state index contributed by atoms with van der Waals surface area (Å²) >= 11 is 0. The highest BCUT2D eigenvalue weighted by molar-refractivity contribution is 5.01. The highest BCUT2D eigenvalue weighted by Gasteiger charge is 2.44. The summed E-state index contributed by atoms with van der Waals surface area (Å²) in [5.74, 6) is 0.757. The molecule has 0 radical (unpaired) electrons. The van der Waals surface area contributed by atoms with Crippen molar-refractivity contribution in [2.75, 3.05) is 13.7 Å². The normalized spacial score (nSPS) is 35.4. The number of hydrogen-bond donors (Lipinski definition) is 2. The zero-order valence-electron chi connectivity index (χ0n) is 11.0. The number of hydrogen-bond acceptors (Lipinski definition) is 3. The number of ether oxygens (including phenoxy) is 1. The second kappa shape index (κ2) is 5.48. The molecule has 0 aromatic heterocycles. The highest BCUT2D eigenvalue weighted by Crippen LogP contribution is 2.37. The second-order valence-electron chi connectivity index (χ2n) is 5.59. The van der Waals surface area contributed by atoms with E-state index in [0.29, 0.717) is 6.61 Å². The van der Waals surface area contributed by atoms with E-state index >= 15 is 0 Å². The number of rotatable bonds is 4. The first-order valence-electron chi connectivity index (χ1n) is 6.45. The quantitative estimate of drug-likeness (QED) is 0.726. The maximum Gasteiger partial charge on any atom is 0.0846 e. The van der Waals surface area contributed by atoms with E-state index in [1.54, 1.807) is 7.11 Å². The fourth-order valence-electron chi connectivity index (χ4n) is 2.81. The lowest BCUT2D eigenvalue weighted by Crippen LogP contribution is -2.61. The molecule has 0 aromatic rings. The van der Waals surface area contributed by atoms with Crippen LogP contribution in [-0.4, -0.2) is 30.0 Å². The van der Waals surface area contributed by atoms with Crippen LogP contribution in [-0.2, 0) is 4.74 Å². The first-order valence-corrected chi connectivity index (χ1v) is 6.45. The van der Waals surface area contributed by atoms with Gasteiger partial charge in [-0.25, -0.2) is 0 Å². The molecule has 1 saturated carbocycles. The largest absolute Gasteiger partial charge is 0.388 e. The zero-order chi connectivity index (χ0) is 12.2. The van der Waals surface area contributed by atoms with Gasteiger partial charge in [-0.2, -0.15) is 0 Å². The first-order chi connectivity index (χ1) is 7.45. The van der Waals surface area contributed by atoms with E-state index < -0.39 is 11.1 Å². The lowest BCUT2D eigenvalue weighted by atomic mass is 9.77. The Bertz CT molecular complexity index is 218. The van der Waals surface area contributed by atoms with Crippen LogP contribution in [0.25, 0.3) is 0 Å². The fraction of sp³-hybridized carbons (Fsp3) is 1.00. The van der Waals surface area contributed by atoms with Gasteiger partial charge >= 0.3 is 0 Å². The van der Waals surface area contributed by atoms with Crippen LogP contribution >= 0.6 is 0 Å². The standard InChI is InChI=1S/C13H27NO2/c1-4-11-6-5-8-13(15,9-7-11)12(2,14)10-16-3/h11,15H,4-10,14H2,1-3H3. The van der Waals surface area contributed by atoms with Crippen molar-refractivity contribution >= 4 is 0 Å². The summed E-state index contributed by atoms with van der Waals surface area (Å²) in [6, 6.07) is 0. The third-order valence-corrected chi connectivity index (χ3v) is 4.25. The van der Waals surface area contributed by atoms with Gasteiger partial charge in [0.25, 0.3) is 0 Å². The number of nitrogens with two attached hydrogens (primary N) is 1. The van der Waals surface area contributed by atoms with Crippen LogP contribution < -0.4 is 5.73 Å². The maximum atomic E-state index is 10.7. The van der Waals surface area contributed by atoms with Gasteiger partial charge in [-0.05, 0) is 32.1 Å². The minimum Gasteiger partial charge on any atom is -0.388 e. The molecule has 3 nitrogen and oxygen atoms in total. The van der Waals surface area contributed by atoms with Crippen molar-refractivity contribution in [1.82, 2.24) is 0 Å². The molecule has 96 valence electrons. The summed E-state index contributed by atoms with van der Waals surface area (Å²) in [5, 5.41) is 10.7. The molecule has 16 heavy (non-hydrogen) atoms. The Balaban J connectivity index is 2.69. The summed E-state index contributed by atoms with van der Waals surface area (Å²) in [7, 11) is 1.64. The molecule has 1 aliphatic carbocycles. The van der Waals surface area contributed by atoms with Gasteiger partial charge in [0.05, 0.1) is 17.7 Å². The van der Waals surface area contributed by atoms with Crippen LogP contribution in [0, 0.1) is 5.92 Å². The topological polar surface area (TPSA) is 55.5 Å². The molecule has 0 heterocycles. The molecule has 3 unspecified atom stereocenters. The summed E-state index contributed by atoms with van der Waals surface area (Å²) in [6.45, 7) is 4.55. The van der Waals surface area contributed by atoms with Gasteiger partial charge in [0, 0.05) is 7.11 Å². The number of methoxy groups -OCH3 is 1. The lowest BCUT2D eigenvalue weighted by Gasteiger charge is -2.41. The molecule has 0 aliphatic heterocycles. The molecule has 1 rings (SSSR count). The van der Waals surface area contributed by atoms with Gasteiger partial charge in [-0.1, -0.05) is 26.2 Å². The monoisotopic (exact) mass is 229 g/mol. The van der Waals surface area contributed by atoms with Crippen LogP contribution in [0.15, 0.2) is 0 Å². The third kappa shape index (κ3) is 2.96. The highest BCUT2D eigenvalue weighted by atomic mass is 16.5. The molecule has 3 heteroatoms. The fourth-order valence-corrected chi connectivity index (χ4v) is 2.81. The van der Waals surface area contributed by atoms with Crippen molar-refractivity contribution in [3.05, 3.63) is 0 Å². The van der Waals surface area contributed by atoms with Crippen LogP contribution in [0.4, 0.5) is 0 Å². The Morgan fingerprint density at radius 1 is 1.44 bits per heavy atom. The van der Waals surface area contributed by atoms with E-state index in [1.807, 2.05) is 6.92 Å². The van der Waals surface area contributed by atoms with E-state index in [1.165, 1.54) is 12.8 Å². The second-order valence-corrected chi connectivity index (χ2v) is 5.59. The van der Waals surface area contributed by atoms with E-state index in [0.717, 1.165) is 31.6 Å². The number of aliphatic hydroxyl groups is 1. The van der Waals surface area contributed by atoms with E-state index in [2.05, 4.69) is 6.92 Å². The Labute approximate surface area is 99.4 Å². The van der Waals surface area contributed by atoms with Gasteiger partial charge in [-0.3, -0.25) is 0 Å². The summed E-state index contributed by atoms with van der Waals surface area (Å²) in [6.07, 6.45) is 6.21. The molecule has 3 atom stereocenters. The molecule has 0 amide bonds. The predicted molar refractivity (Wildman–Crippen MR) is 66.3 cm³/mol. The van der Waals surface area contributed by atoms with Crippen molar-refractivity contribution < 1.29 is 9.84 Å². The van der Waals surface area contributed by atoms with E-state index in [9.17, 15) is 5.11 Å². The van der Waals surface area contributed by atoms with Gasteiger partial charge in [-0.15, -0.1) is 0 Å². The summed E-state index contributed by atoms with van der Waals surface area (Å²) < 4.78 is 5.13. The Morgan fingerprint density at radius 3 is 2.69 bits per heavy atom. The SMILES string of the molecule is CCC1CCCC(O)(C(C)(N)COC)CC1. The van der Waals surface area contributed by atoms with Gasteiger partial charge in [0.15, 0.2) is 0 Å². The molecule has 0 spiro atoms. The van der Waals surface area contributed by atoms with Crippen molar-refractivity contribution in [2.24, 2.45) is 11.7 Å². The van der Waals surface area contributed by atoms with Crippen LogP contribution in [0.5, 0.6) is 0 Å². The summed E-state index contributed by atoms with van der Waals surface area (Å²) in [5.41, 5.74) is 4.83. The molecule has 0 bridgehead atoms. The molecular weight excluding hydrogens is 202 g/mol. The Hall–Kier alpha value is -0.120. The Kier molecular flexibility index (Phi) is 4.77.